The van der Waals surface area contributed by atoms with Gasteiger partial charge in [-0.05, 0) is 38.6 Å². The van der Waals surface area contributed by atoms with Gasteiger partial charge in [0, 0.05) is 36.8 Å². The highest BCUT2D eigenvalue weighted by Crippen LogP contribution is 2.66. The highest BCUT2D eigenvalue weighted by Gasteiger charge is 2.79. The van der Waals surface area contributed by atoms with Gasteiger partial charge >= 0.3 is 6.03 Å². The van der Waals surface area contributed by atoms with Crippen LogP contribution in [0.15, 0.2) is 53.5 Å². The van der Waals surface area contributed by atoms with Crippen molar-refractivity contribution in [2.45, 2.75) is 42.4 Å². The molecule has 5 atom stereocenters. The first-order chi connectivity index (χ1) is 18.8. The number of nitrogens with zero attached hydrogens (tertiary/aromatic N) is 5. The number of halogens is 1. The summed E-state index contributed by atoms with van der Waals surface area (Å²) in [5.74, 6) is -1.80. The molecular formula is C27H28FN7O3S. The van der Waals surface area contributed by atoms with Gasteiger partial charge in [0.05, 0.1) is 0 Å². The van der Waals surface area contributed by atoms with Crippen LogP contribution in [0.4, 0.5) is 14.9 Å². The lowest BCUT2D eigenvalue weighted by molar-refractivity contribution is -0.140. The maximum Gasteiger partial charge on any atom is 0.323 e. The normalized spacial score (nSPS) is 33.2. The van der Waals surface area contributed by atoms with Gasteiger partial charge in [-0.1, -0.05) is 48.2 Å². The minimum atomic E-state index is -1.47. The summed E-state index contributed by atoms with van der Waals surface area (Å²) in [6, 6.07) is 13.7. The molecule has 10 nitrogen and oxygen atoms in total. The van der Waals surface area contributed by atoms with Crippen LogP contribution in [-0.2, 0) is 15.1 Å². The fourth-order valence-corrected chi connectivity index (χ4v) is 8.88. The number of hydrogen-bond donors (Lipinski definition) is 2. The van der Waals surface area contributed by atoms with Crippen molar-refractivity contribution < 1.29 is 18.8 Å². The van der Waals surface area contributed by atoms with Crippen LogP contribution in [0.5, 0.6) is 0 Å². The molecule has 0 aromatic heterocycles. The summed E-state index contributed by atoms with van der Waals surface area (Å²) >= 11 is 1.20. The minimum Gasteiger partial charge on any atom is -0.324 e. The van der Waals surface area contributed by atoms with E-state index >= 15 is 4.39 Å². The summed E-state index contributed by atoms with van der Waals surface area (Å²) in [7, 11) is 1.82. The number of likely N-dealkylation sites (tertiary alicyclic amines) is 1. The van der Waals surface area contributed by atoms with E-state index in [2.05, 4.69) is 10.7 Å². The second kappa shape index (κ2) is 8.26. The van der Waals surface area contributed by atoms with Crippen molar-refractivity contribution >= 4 is 40.5 Å². The number of thioether (sulfide) groups is 1. The Labute approximate surface area is 229 Å². The molecule has 2 spiro atoms. The summed E-state index contributed by atoms with van der Waals surface area (Å²) < 4.78 is 14.0. The third-order valence-electron chi connectivity index (χ3n) is 8.81. The molecule has 5 heterocycles. The fourth-order valence-electron chi connectivity index (χ4n) is 7.18. The van der Waals surface area contributed by atoms with E-state index in [-0.39, 0.29) is 24.4 Å². The van der Waals surface area contributed by atoms with Crippen LogP contribution >= 0.6 is 11.8 Å². The van der Waals surface area contributed by atoms with Crippen molar-refractivity contribution in [3.63, 3.8) is 0 Å². The van der Waals surface area contributed by atoms with Crippen molar-refractivity contribution in [2.24, 2.45) is 4.99 Å². The molecular weight excluding hydrogens is 521 g/mol. The molecule has 2 N–H and O–H groups in total. The number of hydrazine groups is 1. The molecule has 5 aliphatic heterocycles. The molecule has 5 aliphatic rings. The molecule has 7 rings (SSSR count). The second-order valence-corrected chi connectivity index (χ2v) is 11.6. The number of amides is 4. The van der Waals surface area contributed by atoms with Crippen LogP contribution < -0.4 is 10.7 Å². The lowest BCUT2D eigenvalue weighted by Crippen LogP contribution is -2.65. The van der Waals surface area contributed by atoms with Crippen LogP contribution in [0.3, 0.4) is 0 Å². The highest BCUT2D eigenvalue weighted by atomic mass is 32.2. The SMILES string of the molecule is CCN1C(=O)N(CC)C2NN3C(=O)C4(SC3=NC21)C(c1ccccc1F)CN(C)C41C(=O)Nc2ccccc21. The maximum atomic E-state index is 15.4. The lowest BCUT2D eigenvalue weighted by Gasteiger charge is -2.41. The van der Waals surface area contributed by atoms with Gasteiger partial charge in [-0.2, -0.15) is 5.43 Å². The molecule has 3 fully saturated rings. The van der Waals surface area contributed by atoms with E-state index in [1.165, 1.54) is 22.8 Å². The molecule has 0 saturated carbocycles. The summed E-state index contributed by atoms with van der Waals surface area (Å²) in [5, 5.41) is 4.77. The number of fused-ring (bicyclic) bond motifs is 5. The number of rotatable bonds is 3. The monoisotopic (exact) mass is 549 g/mol. The van der Waals surface area contributed by atoms with Crippen molar-refractivity contribution in [2.75, 3.05) is 32.0 Å². The predicted molar refractivity (Wildman–Crippen MR) is 144 cm³/mol. The maximum absolute atomic E-state index is 15.4. The number of anilines is 1. The summed E-state index contributed by atoms with van der Waals surface area (Å²) in [4.78, 5) is 52.1. The Bertz CT molecular complexity index is 1470. The van der Waals surface area contributed by atoms with Gasteiger partial charge in [0.25, 0.3) is 11.8 Å². The third kappa shape index (κ3) is 2.78. The number of benzene rings is 2. The van der Waals surface area contributed by atoms with Gasteiger partial charge in [0.1, 0.15) is 16.7 Å². The Morgan fingerprint density at radius 3 is 2.51 bits per heavy atom. The van der Waals surface area contributed by atoms with E-state index in [1.54, 1.807) is 28.0 Å². The van der Waals surface area contributed by atoms with E-state index in [4.69, 9.17) is 4.99 Å². The smallest absolute Gasteiger partial charge is 0.323 e. The summed E-state index contributed by atoms with van der Waals surface area (Å²) in [6.45, 7) is 4.94. The van der Waals surface area contributed by atoms with Crippen LogP contribution in [0.1, 0.15) is 30.9 Å². The molecule has 12 heteroatoms. The average molecular weight is 550 g/mol. The van der Waals surface area contributed by atoms with Gasteiger partial charge in [-0.25, -0.2) is 19.2 Å². The number of carbonyl (C=O) groups is 3. The Balaban J connectivity index is 1.45. The van der Waals surface area contributed by atoms with Crippen LogP contribution in [-0.4, -0.2) is 86.5 Å². The van der Waals surface area contributed by atoms with Crippen molar-refractivity contribution in [1.29, 1.82) is 0 Å². The Kier molecular flexibility index (Phi) is 5.20. The zero-order valence-corrected chi connectivity index (χ0v) is 22.5. The number of carbonyl (C=O) groups excluding carboxylic acids is 3. The van der Waals surface area contributed by atoms with E-state index in [1.807, 2.05) is 50.1 Å². The van der Waals surface area contributed by atoms with Crippen molar-refractivity contribution in [1.82, 2.24) is 25.1 Å². The summed E-state index contributed by atoms with van der Waals surface area (Å²) in [6.07, 6.45) is -1.08. The molecule has 4 amide bonds. The van der Waals surface area contributed by atoms with Gasteiger partial charge in [-0.3, -0.25) is 19.4 Å². The molecule has 2 aromatic rings. The first-order valence-corrected chi connectivity index (χ1v) is 13.9. The molecule has 0 radical (unpaired) electrons. The quantitative estimate of drug-likeness (QED) is 0.610. The number of likely N-dealkylation sites (N-methyl/N-ethyl adjacent to an activating group) is 3. The molecule has 202 valence electrons. The van der Waals surface area contributed by atoms with Gasteiger partial charge in [-0.15, -0.1) is 0 Å². The number of urea groups is 1. The largest absolute Gasteiger partial charge is 0.324 e. The zero-order chi connectivity index (χ0) is 27.3. The first-order valence-electron chi connectivity index (χ1n) is 13.1. The van der Waals surface area contributed by atoms with E-state index in [0.29, 0.717) is 35.1 Å². The standard InChI is InChI=1S/C27H28FN7O3S/c1-4-33-20-21(34(5-2)25(33)38)31-35-23(37)27(39-24(35)30-20)17(15-10-6-8-12-18(15)28)14-32(3)26(27)16-11-7-9-13-19(16)29-22(26)36/h6-13,17,20-21,31H,4-5,14H2,1-3H3,(H,29,36). The van der Waals surface area contributed by atoms with Crippen LogP contribution in [0, 0.1) is 5.82 Å². The fraction of sp³-hybridized carbons (Fsp3) is 0.407. The molecule has 5 unspecified atom stereocenters. The van der Waals surface area contributed by atoms with Gasteiger partial charge in [0.15, 0.2) is 16.9 Å². The first kappa shape index (κ1) is 24.6. The van der Waals surface area contributed by atoms with Crippen molar-refractivity contribution in [3.05, 3.63) is 65.5 Å². The van der Waals surface area contributed by atoms with E-state index in [0.717, 1.165) is 0 Å². The van der Waals surface area contributed by atoms with Crippen LogP contribution in [0.2, 0.25) is 0 Å². The molecule has 0 bridgehead atoms. The van der Waals surface area contributed by atoms with Crippen LogP contribution in [0.25, 0.3) is 0 Å². The second-order valence-electron chi connectivity index (χ2n) is 10.4. The molecule has 39 heavy (non-hydrogen) atoms. The highest BCUT2D eigenvalue weighted by molar-refractivity contribution is 8.16. The number of aliphatic imine (C=N–C) groups is 1. The Morgan fingerprint density at radius 2 is 1.77 bits per heavy atom. The van der Waals surface area contributed by atoms with Gasteiger partial charge < -0.3 is 10.2 Å². The number of para-hydroxylation sites is 1. The van der Waals surface area contributed by atoms with E-state index < -0.39 is 34.4 Å². The average Bonchev–Trinajstić information content (AvgIpc) is 3.57. The minimum absolute atomic E-state index is 0.148. The summed E-state index contributed by atoms with van der Waals surface area (Å²) in [5.41, 5.74) is 3.54. The number of nitrogens with one attached hydrogen (secondary N) is 2. The van der Waals surface area contributed by atoms with Crippen molar-refractivity contribution in [3.8, 4) is 0 Å². The van der Waals surface area contributed by atoms with Gasteiger partial charge in [0.2, 0.25) is 0 Å². The zero-order valence-electron chi connectivity index (χ0n) is 21.7. The predicted octanol–water partition coefficient (Wildman–Crippen LogP) is 2.32. The number of amidine groups is 1. The topological polar surface area (TPSA) is 101 Å². The third-order valence-corrected chi connectivity index (χ3v) is 10.4. The number of hydrogen-bond acceptors (Lipinski definition) is 7. The Hall–Kier alpha value is -3.48. The molecule has 3 saturated heterocycles. The Morgan fingerprint density at radius 1 is 1.05 bits per heavy atom. The van der Waals surface area contributed by atoms with E-state index in [9.17, 15) is 14.4 Å². The lowest BCUT2D eigenvalue weighted by atomic mass is 9.72. The molecule has 0 aliphatic carbocycles. The molecule has 2 aromatic carbocycles.